The van der Waals surface area contributed by atoms with Crippen molar-refractivity contribution in [2.24, 2.45) is 0 Å². The van der Waals surface area contributed by atoms with Gasteiger partial charge in [-0.05, 0) is 66.2 Å². The van der Waals surface area contributed by atoms with E-state index in [1.807, 2.05) is 33.8 Å². The van der Waals surface area contributed by atoms with Crippen molar-refractivity contribution in [1.82, 2.24) is 14.9 Å². The van der Waals surface area contributed by atoms with Gasteiger partial charge in [0.05, 0.1) is 6.54 Å². The van der Waals surface area contributed by atoms with Gasteiger partial charge in [0.15, 0.2) is 0 Å². The fourth-order valence-corrected chi connectivity index (χ4v) is 4.80. The van der Waals surface area contributed by atoms with Crippen LogP contribution >= 0.6 is 0 Å². The van der Waals surface area contributed by atoms with Crippen LogP contribution in [0.2, 0.25) is 0 Å². The number of amides is 2. The van der Waals surface area contributed by atoms with Crippen molar-refractivity contribution in [1.29, 1.82) is 0 Å². The van der Waals surface area contributed by atoms with Gasteiger partial charge in [-0.2, -0.15) is 0 Å². The molecule has 1 aromatic rings. The average molecular weight is 431 g/mol. The van der Waals surface area contributed by atoms with E-state index in [9.17, 15) is 9.59 Å². The summed E-state index contributed by atoms with van der Waals surface area (Å²) in [6, 6.07) is 1.86. The molecule has 3 fully saturated rings. The monoisotopic (exact) mass is 430 g/mol. The molecule has 1 aromatic heterocycles. The van der Waals surface area contributed by atoms with Crippen LogP contribution in [-0.4, -0.2) is 57.9 Å². The molecule has 8 heteroatoms. The second-order valence-corrected chi connectivity index (χ2v) is 10.2. The molecule has 3 aliphatic rings. The Morgan fingerprint density at radius 2 is 1.84 bits per heavy atom. The van der Waals surface area contributed by atoms with Crippen molar-refractivity contribution in [3.8, 4) is 0 Å². The normalized spacial score (nSPS) is 22.0. The van der Waals surface area contributed by atoms with Crippen LogP contribution in [0.15, 0.2) is 6.07 Å². The smallest absolute Gasteiger partial charge is 0.416 e. The zero-order valence-electron chi connectivity index (χ0n) is 19.1. The van der Waals surface area contributed by atoms with Crippen molar-refractivity contribution in [2.45, 2.75) is 89.8 Å². The Kier molecular flexibility index (Phi) is 5.83. The van der Waals surface area contributed by atoms with Crippen molar-refractivity contribution in [3.63, 3.8) is 0 Å². The van der Waals surface area contributed by atoms with Crippen molar-refractivity contribution < 1.29 is 19.1 Å². The van der Waals surface area contributed by atoms with Gasteiger partial charge in [-0.15, -0.1) is 0 Å². The Morgan fingerprint density at radius 1 is 1.16 bits per heavy atom. The van der Waals surface area contributed by atoms with E-state index < -0.39 is 5.60 Å². The van der Waals surface area contributed by atoms with E-state index in [0.717, 1.165) is 50.0 Å². The molecular formula is C23H34N4O4. The SMILES string of the molecule is Cc1cc(N2CC3(CCCCC3)OC2=O)nc(C2CCN(C(=O)OC(C)(C)C)CC2)n1. The van der Waals surface area contributed by atoms with Crippen molar-refractivity contribution >= 4 is 18.0 Å². The number of carbonyl (C=O) groups is 2. The molecule has 2 amide bonds. The van der Waals surface area contributed by atoms with Crippen molar-refractivity contribution in [3.05, 3.63) is 17.6 Å². The van der Waals surface area contributed by atoms with Gasteiger partial charge >= 0.3 is 12.2 Å². The Morgan fingerprint density at radius 3 is 2.48 bits per heavy atom. The number of hydrogen-bond donors (Lipinski definition) is 0. The molecule has 1 spiro atoms. The fourth-order valence-electron chi connectivity index (χ4n) is 4.80. The predicted molar refractivity (Wildman–Crippen MR) is 116 cm³/mol. The average Bonchev–Trinajstić information content (AvgIpc) is 3.02. The number of rotatable bonds is 2. The number of nitrogens with zero attached hydrogens (tertiary/aromatic N) is 4. The van der Waals surface area contributed by atoms with E-state index in [4.69, 9.17) is 14.5 Å². The molecule has 1 aliphatic carbocycles. The van der Waals surface area contributed by atoms with E-state index in [2.05, 4.69) is 4.98 Å². The third-order valence-corrected chi connectivity index (χ3v) is 6.38. The van der Waals surface area contributed by atoms with Crippen molar-refractivity contribution in [2.75, 3.05) is 24.5 Å². The number of piperidine rings is 1. The molecule has 0 N–H and O–H groups in total. The number of likely N-dealkylation sites (tertiary alicyclic amines) is 1. The Labute approximate surface area is 184 Å². The molecule has 31 heavy (non-hydrogen) atoms. The van der Waals surface area contributed by atoms with E-state index in [1.165, 1.54) is 6.42 Å². The summed E-state index contributed by atoms with van der Waals surface area (Å²) in [6.45, 7) is 9.35. The van der Waals surface area contributed by atoms with Crippen LogP contribution in [0.25, 0.3) is 0 Å². The summed E-state index contributed by atoms with van der Waals surface area (Å²) < 4.78 is 11.3. The number of anilines is 1. The molecule has 0 unspecified atom stereocenters. The lowest BCUT2D eigenvalue weighted by Gasteiger charge is -2.33. The quantitative estimate of drug-likeness (QED) is 0.684. The van der Waals surface area contributed by atoms with Gasteiger partial charge in [-0.3, -0.25) is 4.90 Å². The third-order valence-electron chi connectivity index (χ3n) is 6.38. The summed E-state index contributed by atoms with van der Waals surface area (Å²) >= 11 is 0. The fraction of sp³-hybridized carbons (Fsp3) is 0.739. The highest BCUT2D eigenvalue weighted by Crippen LogP contribution is 2.39. The molecule has 1 saturated carbocycles. The molecule has 0 bridgehead atoms. The lowest BCUT2D eigenvalue weighted by molar-refractivity contribution is 0.0202. The van der Waals surface area contributed by atoms with Crippen LogP contribution in [-0.2, 0) is 9.47 Å². The second-order valence-electron chi connectivity index (χ2n) is 10.2. The van der Waals surface area contributed by atoms with Gasteiger partial charge in [-0.1, -0.05) is 6.42 Å². The first-order valence-corrected chi connectivity index (χ1v) is 11.5. The van der Waals surface area contributed by atoms with Gasteiger partial charge in [0, 0.05) is 30.8 Å². The number of ether oxygens (including phenoxy) is 2. The zero-order valence-corrected chi connectivity index (χ0v) is 19.1. The molecule has 0 atom stereocenters. The first kappa shape index (κ1) is 21.8. The highest BCUT2D eigenvalue weighted by atomic mass is 16.6. The van der Waals surface area contributed by atoms with Crippen LogP contribution in [0, 0.1) is 6.92 Å². The van der Waals surface area contributed by atoms with Gasteiger partial charge in [-0.25, -0.2) is 19.6 Å². The summed E-state index contributed by atoms with van der Waals surface area (Å²) in [5, 5.41) is 0. The minimum absolute atomic E-state index is 0.152. The topological polar surface area (TPSA) is 84.9 Å². The standard InChI is InChI=1S/C23H34N4O4/c1-16-14-18(27-15-23(31-21(27)29)10-6-5-7-11-23)25-19(24-16)17-8-12-26(13-9-17)20(28)30-22(2,3)4/h14,17H,5-13,15H2,1-4H3. The molecule has 0 radical (unpaired) electrons. The number of carbonyl (C=O) groups excluding carboxylic acids is 2. The summed E-state index contributed by atoms with van der Waals surface area (Å²) in [5.74, 6) is 1.53. The van der Waals surface area contributed by atoms with Crippen LogP contribution in [0.1, 0.15) is 83.2 Å². The summed E-state index contributed by atoms with van der Waals surface area (Å²) in [7, 11) is 0. The molecule has 0 aromatic carbocycles. The molecule has 2 aliphatic heterocycles. The molecule has 8 nitrogen and oxygen atoms in total. The van der Waals surface area contributed by atoms with Gasteiger partial charge in [0.25, 0.3) is 0 Å². The summed E-state index contributed by atoms with van der Waals surface area (Å²) in [4.78, 5) is 37.9. The lowest BCUT2D eigenvalue weighted by Crippen LogP contribution is -2.41. The Hall–Kier alpha value is -2.38. The maximum absolute atomic E-state index is 12.7. The van der Waals surface area contributed by atoms with Gasteiger partial charge in [0.2, 0.25) is 0 Å². The van der Waals surface area contributed by atoms with E-state index in [0.29, 0.717) is 25.5 Å². The van der Waals surface area contributed by atoms with Crippen LogP contribution in [0.5, 0.6) is 0 Å². The largest absolute Gasteiger partial charge is 0.444 e. The molecule has 4 rings (SSSR count). The number of hydrogen-bond acceptors (Lipinski definition) is 6. The minimum atomic E-state index is -0.498. The zero-order chi connectivity index (χ0) is 22.2. The first-order chi connectivity index (χ1) is 14.6. The molecule has 170 valence electrons. The highest BCUT2D eigenvalue weighted by Gasteiger charge is 2.46. The summed E-state index contributed by atoms with van der Waals surface area (Å²) in [5.41, 5.74) is -0.0118. The number of aryl methyl sites for hydroxylation is 1. The van der Waals surface area contributed by atoms with E-state index in [1.54, 1.807) is 9.80 Å². The maximum Gasteiger partial charge on any atom is 0.416 e. The van der Waals surface area contributed by atoms with Gasteiger partial charge < -0.3 is 14.4 Å². The van der Waals surface area contributed by atoms with Crippen LogP contribution in [0.3, 0.4) is 0 Å². The van der Waals surface area contributed by atoms with Crippen LogP contribution < -0.4 is 4.90 Å². The molecule has 2 saturated heterocycles. The predicted octanol–water partition coefficient (Wildman–Crippen LogP) is 4.56. The van der Waals surface area contributed by atoms with E-state index in [-0.39, 0.29) is 23.7 Å². The first-order valence-electron chi connectivity index (χ1n) is 11.5. The van der Waals surface area contributed by atoms with E-state index >= 15 is 0 Å². The third kappa shape index (κ3) is 4.93. The Balaban J connectivity index is 1.44. The second kappa shape index (κ2) is 8.28. The lowest BCUT2D eigenvalue weighted by atomic mass is 9.85. The maximum atomic E-state index is 12.7. The minimum Gasteiger partial charge on any atom is -0.444 e. The summed E-state index contributed by atoms with van der Waals surface area (Å²) in [6.07, 6.45) is 6.24. The Bertz CT molecular complexity index is 836. The molecular weight excluding hydrogens is 396 g/mol. The molecule has 3 heterocycles. The highest BCUT2D eigenvalue weighted by molar-refractivity contribution is 5.89. The number of aromatic nitrogens is 2. The van der Waals surface area contributed by atoms with Crippen LogP contribution in [0.4, 0.5) is 15.4 Å². The van der Waals surface area contributed by atoms with Gasteiger partial charge in [0.1, 0.15) is 22.8 Å².